The highest BCUT2D eigenvalue weighted by atomic mass is 32.1. The van der Waals surface area contributed by atoms with Gasteiger partial charge in [0, 0.05) is 13.6 Å². The first-order chi connectivity index (χ1) is 10.7. The summed E-state index contributed by atoms with van der Waals surface area (Å²) in [4.78, 5) is 18.5. The van der Waals surface area contributed by atoms with Gasteiger partial charge in [-0.1, -0.05) is 53.8 Å². The summed E-state index contributed by atoms with van der Waals surface area (Å²) in [5.74, 6) is -0.00870. The maximum atomic E-state index is 12.0. The Hall–Kier alpha value is -2.40. The average molecular weight is 311 g/mol. The molecule has 2 aromatic carbocycles. The van der Waals surface area contributed by atoms with Crippen LogP contribution in [0.1, 0.15) is 5.56 Å². The van der Waals surface area contributed by atoms with Crippen LogP contribution in [0, 0.1) is 0 Å². The maximum absolute atomic E-state index is 12.0. The number of hydrogen-bond acceptors (Lipinski definition) is 4. The van der Waals surface area contributed by atoms with E-state index in [0.29, 0.717) is 13.1 Å². The first-order valence-corrected chi connectivity index (χ1v) is 7.91. The largest absolute Gasteiger partial charge is 0.350 e. The number of nitrogens with zero attached hydrogens (tertiary/aromatic N) is 2. The summed E-state index contributed by atoms with van der Waals surface area (Å²) in [6, 6.07) is 17.9. The Balaban J connectivity index is 1.58. The van der Waals surface area contributed by atoms with E-state index >= 15 is 0 Å². The van der Waals surface area contributed by atoms with E-state index in [9.17, 15) is 4.79 Å². The fraction of sp³-hybridized carbons (Fsp3) is 0.176. The second-order valence-electron chi connectivity index (χ2n) is 5.08. The van der Waals surface area contributed by atoms with Gasteiger partial charge in [-0.05, 0) is 17.7 Å². The molecule has 0 saturated heterocycles. The number of thiazole rings is 1. The molecule has 1 heterocycles. The predicted molar refractivity (Wildman–Crippen MR) is 91.2 cm³/mol. The summed E-state index contributed by atoms with van der Waals surface area (Å²) in [6.45, 7) is 0.847. The van der Waals surface area contributed by atoms with Gasteiger partial charge >= 0.3 is 0 Å². The molecule has 0 radical (unpaired) electrons. The van der Waals surface area contributed by atoms with Crippen LogP contribution in [-0.2, 0) is 11.3 Å². The normalized spacial score (nSPS) is 10.6. The quantitative estimate of drug-likeness (QED) is 0.788. The highest BCUT2D eigenvalue weighted by Gasteiger charge is 2.11. The highest BCUT2D eigenvalue weighted by molar-refractivity contribution is 7.22. The van der Waals surface area contributed by atoms with Gasteiger partial charge in [-0.15, -0.1) is 0 Å². The first-order valence-electron chi connectivity index (χ1n) is 7.10. The van der Waals surface area contributed by atoms with Crippen molar-refractivity contribution >= 4 is 32.6 Å². The number of rotatable bonds is 5. The zero-order valence-corrected chi connectivity index (χ0v) is 13.1. The van der Waals surface area contributed by atoms with Gasteiger partial charge in [0.1, 0.15) is 0 Å². The molecular formula is C17H17N3OS. The van der Waals surface area contributed by atoms with Gasteiger partial charge in [0.2, 0.25) is 5.91 Å². The number of carbonyl (C=O) groups excluding carboxylic acids is 1. The number of nitrogens with one attached hydrogen (secondary N) is 1. The minimum Gasteiger partial charge on any atom is -0.350 e. The van der Waals surface area contributed by atoms with Crippen LogP contribution in [-0.4, -0.2) is 24.5 Å². The molecule has 3 aromatic rings. The summed E-state index contributed by atoms with van der Waals surface area (Å²) >= 11 is 1.60. The Morgan fingerprint density at radius 3 is 2.64 bits per heavy atom. The van der Waals surface area contributed by atoms with Crippen molar-refractivity contribution in [1.82, 2.24) is 10.3 Å². The van der Waals surface area contributed by atoms with Gasteiger partial charge < -0.3 is 10.2 Å². The van der Waals surface area contributed by atoms with Gasteiger partial charge in [0.25, 0.3) is 0 Å². The molecule has 3 rings (SSSR count). The van der Waals surface area contributed by atoms with Gasteiger partial charge in [-0.25, -0.2) is 4.98 Å². The third-order valence-corrected chi connectivity index (χ3v) is 4.47. The molecule has 0 fully saturated rings. The molecule has 0 unspecified atom stereocenters. The molecule has 0 saturated carbocycles. The van der Waals surface area contributed by atoms with E-state index in [0.717, 1.165) is 20.9 Å². The van der Waals surface area contributed by atoms with Crippen LogP contribution in [0.3, 0.4) is 0 Å². The lowest BCUT2D eigenvalue weighted by Crippen LogP contribution is -2.34. The number of para-hydroxylation sites is 1. The third-order valence-electron chi connectivity index (χ3n) is 3.32. The number of fused-ring (bicyclic) bond motifs is 1. The van der Waals surface area contributed by atoms with Crippen LogP contribution in [0.15, 0.2) is 54.6 Å². The lowest BCUT2D eigenvalue weighted by atomic mass is 10.2. The summed E-state index contributed by atoms with van der Waals surface area (Å²) in [5, 5.41) is 3.79. The monoisotopic (exact) mass is 311 g/mol. The van der Waals surface area contributed by atoms with Crippen molar-refractivity contribution < 1.29 is 4.79 Å². The molecule has 0 aliphatic heterocycles. The molecule has 0 spiro atoms. The van der Waals surface area contributed by atoms with Crippen molar-refractivity contribution in [1.29, 1.82) is 0 Å². The SMILES string of the molecule is CN(CC(=O)NCc1ccccc1)c1nc2ccccc2s1. The lowest BCUT2D eigenvalue weighted by Gasteiger charge is -2.15. The van der Waals surface area contributed by atoms with Crippen LogP contribution in [0.2, 0.25) is 0 Å². The average Bonchev–Trinajstić information content (AvgIpc) is 2.98. The topological polar surface area (TPSA) is 45.2 Å². The highest BCUT2D eigenvalue weighted by Crippen LogP contribution is 2.27. The second kappa shape index (κ2) is 6.58. The Morgan fingerprint density at radius 2 is 1.86 bits per heavy atom. The molecule has 22 heavy (non-hydrogen) atoms. The van der Waals surface area contributed by atoms with E-state index in [2.05, 4.69) is 10.3 Å². The van der Waals surface area contributed by atoms with Crippen LogP contribution in [0.5, 0.6) is 0 Å². The molecule has 0 atom stereocenters. The number of anilines is 1. The van der Waals surface area contributed by atoms with Gasteiger partial charge in [0.15, 0.2) is 5.13 Å². The van der Waals surface area contributed by atoms with Crippen LogP contribution in [0.4, 0.5) is 5.13 Å². The van der Waals surface area contributed by atoms with Crippen molar-refractivity contribution in [2.24, 2.45) is 0 Å². The van der Waals surface area contributed by atoms with E-state index in [-0.39, 0.29) is 5.91 Å². The van der Waals surface area contributed by atoms with Crippen LogP contribution < -0.4 is 10.2 Å². The number of carbonyl (C=O) groups is 1. The van der Waals surface area contributed by atoms with E-state index in [1.54, 1.807) is 11.3 Å². The summed E-state index contributed by atoms with van der Waals surface area (Å²) < 4.78 is 1.13. The zero-order valence-electron chi connectivity index (χ0n) is 12.3. The van der Waals surface area contributed by atoms with E-state index in [1.165, 1.54) is 0 Å². The van der Waals surface area contributed by atoms with Crippen molar-refractivity contribution in [3.05, 3.63) is 60.2 Å². The minimum absolute atomic E-state index is 0.00870. The maximum Gasteiger partial charge on any atom is 0.239 e. The molecular weight excluding hydrogens is 294 g/mol. The van der Waals surface area contributed by atoms with E-state index in [1.807, 2.05) is 66.5 Å². The van der Waals surface area contributed by atoms with Crippen LogP contribution in [0.25, 0.3) is 10.2 Å². The number of amides is 1. The molecule has 4 nitrogen and oxygen atoms in total. The molecule has 1 amide bonds. The smallest absolute Gasteiger partial charge is 0.239 e. The molecule has 1 aromatic heterocycles. The Morgan fingerprint density at radius 1 is 1.14 bits per heavy atom. The molecule has 1 N–H and O–H groups in total. The number of hydrogen-bond donors (Lipinski definition) is 1. The molecule has 0 bridgehead atoms. The first kappa shape index (κ1) is 14.5. The summed E-state index contributed by atoms with van der Waals surface area (Å²) in [5.41, 5.74) is 2.07. The zero-order chi connectivity index (χ0) is 15.4. The second-order valence-corrected chi connectivity index (χ2v) is 6.09. The van der Waals surface area contributed by atoms with Crippen LogP contribution >= 0.6 is 11.3 Å². The predicted octanol–water partition coefficient (Wildman–Crippen LogP) is 3.05. The Labute approximate surface area is 133 Å². The lowest BCUT2D eigenvalue weighted by molar-refractivity contribution is -0.119. The Kier molecular flexibility index (Phi) is 4.34. The number of likely N-dealkylation sites (N-methyl/N-ethyl adjacent to an activating group) is 1. The molecule has 112 valence electrons. The number of aromatic nitrogens is 1. The van der Waals surface area contributed by atoms with Gasteiger partial charge in [-0.2, -0.15) is 0 Å². The summed E-state index contributed by atoms with van der Waals surface area (Å²) in [6.07, 6.45) is 0. The fourth-order valence-corrected chi connectivity index (χ4v) is 3.08. The van der Waals surface area contributed by atoms with Crippen molar-refractivity contribution in [2.75, 3.05) is 18.5 Å². The van der Waals surface area contributed by atoms with Crippen molar-refractivity contribution in [3.63, 3.8) is 0 Å². The minimum atomic E-state index is -0.00870. The standard InChI is InChI=1S/C17H17N3OS/c1-20(17-19-14-9-5-6-10-15(14)22-17)12-16(21)18-11-13-7-3-2-4-8-13/h2-10H,11-12H2,1H3,(H,18,21). The van der Waals surface area contributed by atoms with Gasteiger partial charge in [-0.3, -0.25) is 4.79 Å². The third kappa shape index (κ3) is 3.43. The number of benzene rings is 2. The molecule has 0 aliphatic carbocycles. The van der Waals surface area contributed by atoms with Crippen molar-refractivity contribution in [3.8, 4) is 0 Å². The van der Waals surface area contributed by atoms with Crippen molar-refractivity contribution in [2.45, 2.75) is 6.54 Å². The fourth-order valence-electron chi connectivity index (χ4n) is 2.16. The Bertz CT molecular complexity index is 737. The van der Waals surface area contributed by atoms with Gasteiger partial charge in [0.05, 0.1) is 16.8 Å². The molecule has 5 heteroatoms. The van der Waals surface area contributed by atoms with E-state index in [4.69, 9.17) is 0 Å². The summed E-state index contributed by atoms with van der Waals surface area (Å²) in [7, 11) is 1.89. The molecule has 0 aliphatic rings. The van der Waals surface area contributed by atoms with E-state index < -0.39 is 0 Å².